The summed E-state index contributed by atoms with van der Waals surface area (Å²) in [5, 5.41) is 2.81. The second kappa shape index (κ2) is 8.61. The minimum atomic E-state index is -4.66. The van der Waals surface area contributed by atoms with Crippen LogP contribution in [-0.2, 0) is 12.4 Å². The zero-order valence-corrected chi connectivity index (χ0v) is 18.3. The Hall–Kier alpha value is -3.08. The summed E-state index contributed by atoms with van der Waals surface area (Å²) in [6.45, 7) is 1.94. The zero-order valence-electron chi connectivity index (χ0n) is 17.6. The molecule has 1 amide bonds. The number of alkyl halides is 6. The van der Waals surface area contributed by atoms with E-state index < -0.39 is 35.0 Å². The summed E-state index contributed by atoms with van der Waals surface area (Å²) in [6.07, 6.45) is -7.58. The van der Waals surface area contributed by atoms with Crippen LogP contribution < -0.4 is 5.32 Å². The lowest BCUT2D eigenvalue weighted by atomic mass is 10.0. The van der Waals surface area contributed by atoms with Crippen molar-refractivity contribution in [1.29, 1.82) is 0 Å². The molecule has 1 aliphatic rings. The van der Waals surface area contributed by atoms with Crippen LogP contribution in [0.15, 0.2) is 36.5 Å². The maximum atomic E-state index is 13.4. The number of amides is 1. The number of nitrogens with zero attached hydrogens (tertiary/aromatic N) is 3. The number of likely N-dealkylation sites (tertiary alicyclic amines) is 1. The van der Waals surface area contributed by atoms with Crippen LogP contribution in [-0.4, -0.2) is 39.9 Å². The first-order valence-electron chi connectivity index (χ1n) is 10.1. The van der Waals surface area contributed by atoms with E-state index in [2.05, 4.69) is 15.3 Å². The third kappa shape index (κ3) is 4.89. The lowest BCUT2D eigenvalue weighted by molar-refractivity contribution is -0.138. The summed E-state index contributed by atoms with van der Waals surface area (Å²) < 4.78 is 79.0. The smallest absolute Gasteiger partial charge is 0.364 e. The number of halogens is 7. The Bertz CT molecular complexity index is 1260. The number of rotatable bonds is 3. The second-order valence-corrected chi connectivity index (χ2v) is 8.41. The Balaban J connectivity index is 1.51. The van der Waals surface area contributed by atoms with Gasteiger partial charge in [-0.1, -0.05) is 23.2 Å². The van der Waals surface area contributed by atoms with Crippen molar-refractivity contribution in [2.75, 3.05) is 18.4 Å². The van der Waals surface area contributed by atoms with E-state index in [1.54, 1.807) is 6.92 Å². The van der Waals surface area contributed by atoms with E-state index in [4.69, 9.17) is 11.6 Å². The predicted octanol–water partition coefficient (Wildman–Crippen LogP) is 5.96. The van der Waals surface area contributed by atoms with Crippen molar-refractivity contribution in [3.8, 4) is 0 Å². The fourth-order valence-corrected chi connectivity index (χ4v) is 4.09. The quantitative estimate of drug-likeness (QED) is 0.449. The Kier molecular flexibility index (Phi) is 6.09. The first kappa shape index (κ1) is 24.1. The normalized spacial score (nSPS) is 16.8. The molecule has 34 heavy (non-hydrogen) atoms. The van der Waals surface area contributed by atoms with Gasteiger partial charge in [0.05, 0.1) is 33.4 Å². The van der Waals surface area contributed by atoms with Crippen molar-refractivity contribution in [3.05, 3.63) is 63.8 Å². The summed E-state index contributed by atoms with van der Waals surface area (Å²) in [5.41, 5.74) is -1.78. The molecule has 0 bridgehead atoms. The van der Waals surface area contributed by atoms with Crippen LogP contribution in [0.25, 0.3) is 11.0 Å². The molecule has 12 heteroatoms. The van der Waals surface area contributed by atoms with E-state index in [1.165, 1.54) is 23.2 Å². The molecule has 180 valence electrons. The number of carbonyl (C=O) groups excluding carboxylic acids is 1. The van der Waals surface area contributed by atoms with Crippen LogP contribution >= 0.6 is 11.6 Å². The summed E-state index contributed by atoms with van der Waals surface area (Å²) in [6, 6.07) is 4.68. The number of aryl methyl sites for hydroxylation is 1. The van der Waals surface area contributed by atoms with E-state index >= 15 is 0 Å². The lowest BCUT2D eigenvalue weighted by Crippen LogP contribution is -2.33. The van der Waals surface area contributed by atoms with Gasteiger partial charge in [0.15, 0.2) is 0 Å². The molecule has 4 rings (SSSR count). The van der Waals surface area contributed by atoms with Crippen molar-refractivity contribution in [2.24, 2.45) is 0 Å². The van der Waals surface area contributed by atoms with Gasteiger partial charge in [-0.05, 0) is 37.6 Å². The molecule has 0 aliphatic carbocycles. The van der Waals surface area contributed by atoms with E-state index in [1.807, 2.05) is 0 Å². The van der Waals surface area contributed by atoms with Crippen molar-refractivity contribution in [1.82, 2.24) is 14.9 Å². The number of benzene rings is 2. The highest BCUT2D eigenvalue weighted by Gasteiger charge is 2.37. The molecule has 2 aromatic carbocycles. The number of nitrogens with one attached hydrogen (secondary N) is 1. The van der Waals surface area contributed by atoms with Crippen LogP contribution in [0.1, 0.15) is 33.5 Å². The van der Waals surface area contributed by atoms with Gasteiger partial charge in [0, 0.05) is 19.1 Å². The van der Waals surface area contributed by atoms with Crippen LogP contribution in [0.5, 0.6) is 0 Å². The summed E-state index contributed by atoms with van der Waals surface area (Å²) in [5.74, 6) is -0.507. The number of anilines is 1. The Morgan fingerprint density at radius 2 is 1.85 bits per heavy atom. The zero-order chi connectivity index (χ0) is 24.8. The number of hydrogen-bond acceptors (Lipinski definition) is 4. The van der Waals surface area contributed by atoms with Crippen LogP contribution in [0, 0.1) is 6.92 Å². The number of fused-ring (bicyclic) bond motifs is 1. The molecule has 0 spiro atoms. The molecule has 1 fully saturated rings. The first-order chi connectivity index (χ1) is 15.8. The first-order valence-corrected chi connectivity index (χ1v) is 10.5. The topological polar surface area (TPSA) is 58.1 Å². The van der Waals surface area contributed by atoms with Crippen LogP contribution in [0.2, 0.25) is 5.02 Å². The minimum absolute atomic E-state index is 0.0345. The maximum absolute atomic E-state index is 13.4. The lowest BCUT2D eigenvalue weighted by Gasteiger charge is -2.20. The fourth-order valence-electron chi connectivity index (χ4n) is 3.83. The van der Waals surface area contributed by atoms with Crippen molar-refractivity contribution >= 4 is 34.4 Å². The molecular weight excluding hydrogens is 486 g/mol. The average molecular weight is 503 g/mol. The number of carbonyl (C=O) groups is 1. The maximum Gasteiger partial charge on any atom is 0.417 e. The highest BCUT2D eigenvalue weighted by atomic mass is 35.5. The monoisotopic (exact) mass is 502 g/mol. The molecule has 3 aromatic rings. The van der Waals surface area contributed by atoms with Gasteiger partial charge in [0.2, 0.25) is 0 Å². The highest BCUT2D eigenvalue weighted by Crippen LogP contribution is 2.35. The van der Waals surface area contributed by atoms with Crippen molar-refractivity contribution in [2.45, 2.75) is 31.7 Å². The molecule has 0 saturated carbocycles. The van der Waals surface area contributed by atoms with Gasteiger partial charge in [0.1, 0.15) is 11.3 Å². The van der Waals surface area contributed by atoms with Gasteiger partial charge in [-0.25, -0.2) is 4.98 Å². The molecule has 1 aliphatic heterocycles. The number of aromatic nitrogens is 2. The fraction of sp³-hybridized carbons (Fsp3) is 0.318. The standard InChI is InChI=1S/C22H17ClF6N4O/c1-11-2-3-15(22(27,28)29)14(6-11)20(34)33-5-4-13(10-33)31-18-9-30-17-8-12(21(24,25)26)7-16(23)19(17)32-18/h2-3,6-9,13H,4-5,10H2,1H3,(H,31,32)/t13-/m1/s1. The van der Waals surface area contributed by atoms with Gasteiger partial charge >= 0.3 is 12.4 Å². The molecule has 1 saturated heterocycles. The molecule has 2 heterocycles. The average Bonchev–Trinajstić information content (AvgIpc) is 3.20. The third-order valence-electron chi connectivity index (χ3n) is 5.47. The Morgan fingerprint density at radius 1 is 1.12 bits per heavy atom. The SMILES string of the molecule is Cc1ccc(C(F)(F)F)c(C(=O)N2CC[C@@H](Nc3cnc4cc(C(F)(F)F)cc(Cl)c4n3)C2)c1. The molecule has 1 aromatic heterocycles. The van der Waals surface area contributed by atoms with Gasteiger partial charge < -0.3 is 10.2 Å². The minimum Gasteiger partial charge on any atom is -0.364 e. The van der Waals surface area contributed by atoms with E-state index in [0.29, 0.717) is 12.0 Å². The van der Waals surface area contributed by atoms with E-state index in [0.717, 1.165) is 18.2 Å². The molecule has 1 atom stereocenters. The predicted molar refractivity (Wildman–Crippen MR) is 114 cm³/mol. The number of hydrogen-bond donors (Lipinski definition) is 1. The highest BCUT2D eigenvalue weighted by molar-refractivity contribution is 6.35. The van der Waals surface area contributed by atoms with Gasteiger partial charge in [-0.15, -0.1) is 0 Å². The summed E-state index contributed by atoms with van der Waals surface area (Å²) in [4.78, 5) is 22.4. The van der Waals surface area contributed by atoms with Crippen LogP contribution in [0.4, 0.5) is 32.2 Å². The Morgan fingerprint density at radius 3 is 2.53 bits per heavy atom. The van der Waals surface area contributed by atoms with Gasteiger partial charge in [-0.2, -0.15) is 26.3 Å². The molecule has 1 N–H and O–H groups in total. The Labute approximate surface area is 194 Å². The largest absolute Gasteiger partial charge is 0.417 e. The van der Waals surface area contributed by atoms with Crippen molar-refractivity contribution < 1.29 is 31.1 Å². The van der Waals surface area contributed by atoms with Gasteiger partial charge in [0.25, 0.3) is 5.91 Å². The van der Waals surface area contributed by atoms with E-state index in [-0.39, 0.29) is 41.0 Å². The van der Waals surface area contributed by atoms with Crippen LogP contribution in [0.3, 0.4) is 0 Å². The third-order valence-corrected chi connectivity index (χ3v) is 5.76. The molecule has 0 radical (unpaired) electrons. The molecular formula is C22H17ClF6N4O. The van der Waals surface area contributed by atoms with Gasteiger partial charge in [-0.3, -0.25) is 9.78 Å². The molecule has 0 unspecified atom stereocenters. The summed E-state index contributed by atoms with van der Waals surface area (Å²) >= 11 is 5.98. The summed E-state index contributed by atoms with van der Waals surface area (Å²) in [7, 11) is 0. The van der Waals surface area contributed by atoms with E-state index in [9.17, 15) is 31.1 Å². The van der Waals surface area contributed by atoms with Crippen molar-refractivity contribution in [3.63, 3.8) is 0 Å². The second-order valence-electron chi connectivity index (χ2n) is 8.01. The molecule has 5 nitrogen and oxygen atoms in total.